The second-order valence-corrected chi connectivity index (χ2v) is 4.03. The topological polar surface area (TPSA) is 54.0 Å². The predicted octanol–water partition coefficient (Wildman–Crippen LogP) is 0.865. The average Bonchev–Trinajstić information content (AvgIpc) is 2.26. The monoisotopic (exact) mass is 234 g/mol. The Kier molecular flexibility index (Phi) is 8.15. The molecular formula is C11H22O5. The molecule has 0 radical (unpaired) electrons. The molecule has 0 atom stereocenters. The van der Waals surface area contributed by atoms with Crippen LogP contribution < -0.4 is 0 Å². The van der Waals surface area contributed by atoms with E-state index in [-0.39, 0.29) is 5.97 Å². The quantitative estimate of drug-likeness (QED) is 0.437. The molecule has 0 rings (SSSR count). The van der Waals surface area contributed by atoms with Crippen molar-refractivity contribution >= 4 is 5.97 Å². The number of hydrogen-bond acceptors (Lipinski definition) is 5. The van der Waals surface area contributed by atoms with Gasteiger partial charge >= 0.3 is 5.97 Å². The summed E-state index contributed by atoms with van der Waals surface area (Å²) in [6.07, 6.45) is 0. The number of carbonyl (C=O) groups excluding carboxylic acids is 1. The molecule has 16 heavy (non-hydrogen) atoms. The minimum Gasteiger partial charge on any atom is -0.469 e. The van der Waals surface area contributed by atoms with Crippen LogP contribution in [0.15, 0.2) is 0 Å². The Hall–Kier alpha value is -0.650. The fourth-order valence-corrected chi connectivity index (χ4v) is 1.02. The maximum absolute atomic E-state index is 11.3. The summed E-state index contributed by atoms with van der Waals surface area (Å²) in [6.45, 7) is 5.99. The van der Waals surface area contributed by atoms with Gasteiger partial charge in [0.1, 0.15) is 0 Å². The van der Waals surface area contributed by atoms with E-state index in [2.05, 4.69) is 4.74 Å². The largest absolute Gasteiger partial charge is 0.469 e. The van der Waals surface area contributed by atoms with Gasteiger partial charge in [-0.1, -0.05) is 0 Å². The van der Waals surface area contributed by atoms with Gasteiger partial charge in [0.05, 0.1) is 45.6 Å². The van der Waals surface area contributed by atoms with Crippen molar-refractivity contribution in [1.82, 2.24) is 0 Å². The number of carbonyl (C=O) groups is 1. The molecule has 0 aliphatic rings. The maximum atomic E-state index is 11.3. The minimum absolute atomic E-state index is 0.271. The molecule has 0 aromatic heterocycles. The normalized spacial score (nSPS) is 11.5. The fourth-order valence-electron chi connectivity index (χ4n) is 1.02. The Morgan fingerprint density at radius 2 is 1.56 bits per heavy atom. The summed E-state index contributed by atoms with van der Waals surface area (Å²) >= 11 is 0. The van der Waals surface area contributed by atoms with Crippen LogP contribution in [0.5, 0.6) is 0 Å². The van der Waals surface area contributed by atoms with E-state index < -0.39 is 5.41 Å². The van der Waals surface area contributed by atoms with Crippen LogP contribution in [0.2, 0.25) is 0 Å². The molecule has 0 aromatic carbocycles. The Labute approximate surface area is 97.0 Å². The van der Waals surface area contributed by atoms with Crippen molar-refractivity contribution < 1.29 is 23.7 Å². The van der Waals surface area contributed by atoms with E-state index in [9.17, 15) is 4.79 Å². The third-order valence-electron chi connectivity index (χ3n) is 2.00. The molecule has 5 heteroatoms. The van der Waals surface area contributed by atoms with Crippen LogP contribution in [-0.4, -0.2) is 53.2 Å². The summed E-state index contributed by atoms with van der Waals surface area (Å²) < 4.78 is 20.0. The van der Waals surface area contributed by atoms with Crippen LogP contribution in [0.3, 0.4) is 0 Å². The highest BCUT2D eigenvalue weighted by atomic mass is 16.5. The Morgan fingerprint density at radius 1 is 1.00 bits per heavy atom. The van der Waals surface area contributed by atoms with Crippen molar-refractivity contribution in [3.05, 3.63) is 0 Å². The highest BCUT2D eigenvalue weighted by Crippen LogP contribution is 2.16. The number of hydrogen-bond donors (Lipinski definition) is 0. The summed E-state index contributed by atoms with van der Waals surface area (Å²) in [5.41, 5.74) is -0.610. The van der Waals surface area contributed by atoms with E-state index in [1.165, 1.54) is 7.11 Å². The lowest BCUT2D eigenvalue weighted by Crippen LogP contribution is -2.31. The van der Waals surface area contributed by atoms with Crippen molar-refractivity contribution in [3.63, 3.8) is 0 Å². The van der Waals surface area contributed by atoms with Crippen LogP contribution in [0.1, 0.15) is 13.8 Å². The zero-order chi connectivity index (χ0) is 12.4. The smallest absolute Gasteiger partial charge is 0.313 e. The zero-order valence-electron chi connectivity index (χ0n) is 10.6. The van der Waals surface area contributed by atoms with Gasteiger partial charge in [-0.05, 0) is 13.8 Å². The predicted molar refractivity (Wildman–Crippen MR) is 59.3 cm³/mol. The summed E-state index contributed by atoms with van der Waals surface area (Å²) in [5.74, 6) is -0.271. The number of rotatable bonds is 9. The van der Waals surface area contributed by atoms with Crippen molar-refractivity contribution in [1.29, 1.82) is 0 Å². The summed E-state index contributed by atoms with van der Waals surface area (Å²) in [5, 5.41) is 0. The molecule has 0 saturated carbocycles. The van der Waals surface area contributed by atoms with Gasteiger partial charge in [0.25, 0.3) is 0 Å². The minimum atomic E-state index is -0.610. The summed E-state index contributed by atoms with van der Waals surface area (Å²) in [6, 6.07) is 0. The second-order valence-electron chi connectivity index (χ2n) is 4.03. The van der Waals surface area contributed by atoms with E-state index in [4.69, 9.17) is 14.2 Å². The Balaban J connectivity index is 3.47. The first-order valence-electron chi connectivity index (χ1n) is 5.27. The van der Waals surface area contributed by atoms with Crippen LogP contribution >= 0.6 is 0 Å². The van der Waals surface area contributed by atoms with Crippen LogP contribution in [0.4, 0.5) is 0 Å². The zero-order valence-corrected chi connectivity index (χ0v) is 10.6. The lowest BCUT2D eigenvalue weighted by molar-refractivity contribution is -0.154. The Morgan fingerprint density at radius 3 is 2.12 bits per heavy atom. The van der Waals surface area contributed by atoms with E-state index in [1.54, 1.807) is 21.0 Å². The SMILES string of the molecule is COCCOCCOCC(C)(C)C(=O)OC. The number of esters is 1. The molecule has 0 aromatic rings. The third kappa shape index (κ3) is 6.76. The molecule has 0 aliphatic heterocycles. The van der Waals surface area contributed by atoms with E-state index in [0.717, 1.165) is 0 Å². The first-order valence-corrected chi connectivity index (χ1v) is 5.27. The molecule has 0 saturated heterocycles. The fraction of sp³-hybridized carbons (Fsp3) is 0.909. The molecule has 0 fully saturated rings. The van der Waals surface area contributed by atoms with Gasteiger partial charge < -0.3 is 18.9 Å². The highest BCUT2D eigenvalue weighted by molar-refractivity contribution is 5.75. The van der Waals surface area contributed by atoms with Gasteiger partial charge in [-0.25, -0.2) is 0 Å². The second kappa shape index (κ2) is 8.50. The molecule has 0 aliphatic carbocycles. The van der Waals surface area contributed by atoms with Gasteiger partial charge in [0.2, 0.25) is 0 Å². The molecular weight excluding hydrogens is 212 g/mol. The molecule has 5 nitrogen and oxygen atoms in total. The standard InChI is InChI=1S/C11H22O5/c1-11(2,10(12)14-4)9-16-8-7-15-6-5-13-3/h5-9H2,1-4H3. The summed E-state index contributed by atoms with van der Waals surface area (Å²) in [7, 11) is 3.00. The molecule has 0 bridgehead atoms. The Bertz CT molecular complexity index is 191. The lowest BCUT2D eigenvalue weighted by atomic mass is 9.95. The molecule has 0 amide bonds. The van der Waals surface area contributed by atoms with Crippen molar-refractivity contribution in [2.75, 3.05) is 47.3 Å². The number of ether oxygens (including phenoxy) is 4. The first kappa shape index (κ1) is 15.3. The van der Waals surface area contributed by atoms with Gasteiger partial charge in [0, 0.05) is 7.11 Å². The van der Waals surface area contributed by atoms with Crippen LogP contribution in [0.25, 0.3) is 0 Å². The first-order chi connectivity index (χ1) is 7.54. The molecule has 96 valence electrons. The van der Waals surface area contributed by atoms with Crippen LogP contribution in [0, 0.1) is 5.41 Å². The maximum Gasteiger partial charge on any atom is 0.313 e. The van der Waals surface area contributed by atoms with E-state index in [1.807, 2.05) is 0 Å². The lowest BCUT2D eigenvalue weighted by Gasteiger charge is -2.21. The highest BCUT2D eigenvalue weighted by Gasteiger charge is 2.28. The molecule has 0 unspecified atom stereocenters. The van der Waals surface area contributed by atoms with Gasteiger partial charge in [-0.3, -0.25) is 4.79 Å². The third-order valence-corrected chi connectivity index (χ3v) is 2.00. The van der Waals surface area contributed by atoms with Crippen molar-refractivity contribution in [2.24, 2.45) is 5.41 Å². The van der Waals surface area contributed by atoms with Gasteiger partial charge in [0.15, 0.2) is 0 Å². The van der Waals surface area contributed by atoms with Gasteiger partial charge in [-0.15, -0.1) is 0 Å². The van der Waals surface area contributed by atoms with Crippen molar-refractivity contribution in [3.8, 4) is 0 Å². The summed E-state index contributed by atoms with van der Waals surface area (Å²) in [4.78, 5) is 11.3. The molecule has 0 N–H and O–H groups in total. The van der Waals surface area contributed by atoms with Gasteiger partial charge in [-0.2, -0.15) is 0 Å². The molecule has 0 spiro atoms. The van der Waals surface area contributed by atoms with Crippen molar-refractivity contribution in [2.45, 2.75) is 13.8 Å². The average molecular weight is 234 g/mol. The van der Waals surface area contributed by atoms with Crippen LogP contribution in [-0.2, 0) is 23.7 Å². The van der Waals surface area contributed by atoms with E-state index in [0.29, 0.717) is 33.0 Å². The number of methoxy groups -OCH3 is 2. The van der Waals surface area contributed by atoms with E-state index >= 15 is 0 Å². The molecule has 0 heterocycles.